The van der Waals surface area contributed by atoms with Gasteiger partial charge in [0.25, 0.3) is 0 Å². The van der Waals surface area contributed by atoms with Gasteiger partial charge in [0.05, 0.1) is 24.8 Å². The molecule has 35 heavy (non-hydrogen) atoms. The molecule has 0 aliphatic rings. The Labute approximate surface area is 215 Å². The van der Waals surface area contributed by atoms with E-state index in [0.29, 0.717) is 17.9 Å². The number of Topliss-reactive ketones (excluding diaryl/α,β-unsaturated/α-hetero) is 1. The predicted octanol–water partition coefficient (Wildman–Crippen LogP) is 1.07. The first-order chi connectivity index (χ1) is 16.6. The maximum atomic E-state index is 12.9. The maximum absolute atomic E-state index is 12.9. The third-order valence-corrected chi connectivity index (χ3v) is 7.84. The fourth-order valence-electron chi connectivity index (χ4n) is 2.87. The van der Waals surface area contributed by atoms with Crippen molar-refractivity contribution < 1.29 is 29.4 Å². The number of amides is 3. The second-order valence-electron chi connectivity index (χ2n) is 8.34. The first-order valence-corrected chi connectivity index (χ1v) is 14.1. The third-order valence-electron chi connectivity index (χ3n) is 5.25. The smallest absolute Gasteiger partial charge is 0.243 e. The van der Waals surface area contributed by atoms with Crippen LogP contribution in [0.2, 0.25) is 0 Å². The van der Waals surface area contributed by atoms with E-state index in [2.05, 4.69) is 16.0 Å². The summed E-state index contributed by atoms with van der Waals surface area (Å²) in [4.78, 5) is 49.3. The third kappa shape index (κ3) is 11.9. The summed E-state index contributed by atoms with van der Waals surface area (Å²) in [6, 6.07) is 7.05. The predicted molar refractivity (Wildman–Crippen MR) is 140 cm³/mol. The SMILES string of the molecule is CCC(=O)N[C@H](Cc1ccccc1)C(=O)N[C@@H](CSSC[C@H](C)C(=O)N[C@H](CO)[C@@H](C)O)C(C)=O. The van der Waals surface area contributed by atoms with Crippen LogP contribution in [-0.2, 0) is 25.6 Å². The molecule has 0 aliphatic carbocycles. The lowest BCUT2D eigenvalue weighted by molar-refractivity contribution is -0.130. The van der Waals surface area contributed by atoms with Crippen LogP contribution in [0.3, 0.4) is 0 Å². The molecule has 0 aliphatic heterocycles. The molecule has 0 saturated carbocycles. The van der Waals surface area contributed by atoms with Gasteiger partial charge in [-0.2, -0.15) is 0 Å². The van der Waals surface area contributed by atoms with Crippen molar-refractivity contribution in [3.05, 3.63) is 35.9 Å². The Morgan fingerprint density at radius 3 is 2.09 bits per heavy atom. The molecule has 5 N–H and O–H groups in total. The Morgan fingerprint density at radius 1 is 0.914 bits per heavy atom. The average molecular weight is 528 g/mol. The molecular formula is C24H37N3O6S2. The number of nitrogens with one attached hydrogen (secondary N) is 3. The van der Waals surface area contributed by atoms with Gasteiger partial charge in [-0.15, -0.1) is 0 Å². The molecule has 11 heteroatoms. The Morgan fingerprint density at radius 2 is 1.54 bits per heavy atom. The highest BCUT2D eigenvalue weighted by molar-refractivity contribution is 8.76. The Hall–Kier alpha value is -2.08. The van der Waals surface area contributed by atoms with Gasteiger partial charge in [-0.3, -0.25) is 19.2 Å². The van der Waals surface area contributed by atoms with Gasteiger partial charge >= 0.3 is 0 Å². The number of ketones is 1. The van der Waals surface area contributed by atoms with Gasteiger partial charge < -0.3 is 26.2 Å². The number of carbonyl (C=O) groups excluding carboxylic acids is 4. The molecule has 0 heterocycles. The summed E-state index contributed by atoms with van der Waals surface area (Å²) in [7, 11) is 2.75. The minimum absolute atomic E-state index is 0.208. The normalized spacial score (nSPS) is 15.3. The minimum Gasteiger partial charge on any atom is -0.394 e. The lowest BCUT2D eigenvalue weighted by atomic mass is 10.0. The molecule has 0 aromatic heterocycles. The van der Waals surface area contributed by atoms with E-state index in [1.165, 1.54) is 35.4 Å². The fraction of sp³-hybridized carbons (Fsp3) is 0.583. The Balaban J connectivity index is 2.63. The molecule has 0 spiro atoms. The van der Waals surface area contributed by atoms with Crippen LogP contribution in [0, 0.1) is 5.92 Å². The van der Waals surface area contributed by atoms with Crippen LogP contribution >= 0.6 is 21.6 Å². The van der Waals surface area contributed by atoms with Gasteiger partial charge in [-0.05, 0) is 19.4 Å². The number of aliphatic hydroxyl groups is 2. The topological polar surface area (TPSA) is 145 Å². The van der Waals surface area contributed by atoms with E-state index >= 15 is 0 Å². The molecule has 1 aromatic rings. The van der Waals surface area contributed by atoms with Gasteiger partial charge in [-0.1, -0.05) is 65.8 Å². The summed E-state index contributed by atoms with van der Waals surface area (Å²) in [5, 5.41) is 26.9. The van der Waals surface area contributed by atoms with Crippen molar-refractivity contribution in [2.24, 2.45) is 5.92 Å². The highest BCUT2D eigenvalue weighted by Crippen LogP contribution is 2.25. The van der Waals surface area contributed by atoms with Crippen LogP contribution in [-0.4, -0.2) is 76.1 Å². The van der Waals surface area contributed by atoms with Gasteiger partial charge in [0.1, 0.15) is 6.04 Å². The summed E-state index contributed by atoms with van der Waals surface area (Å²) in [6.07, 6.45) is -0.326. The monoisotopic (exact) mass is 527 g/mol. The van der Waals surface area contributed by atoms with Crippen molar-refractivity contribution >= 4 is 45.1 Å². The molecule has 196 valence electrons. The zero-order valence-electron chi connectivity index (χ0n) is 20.7. The van der Waals surface area contributed by atoms with Crippen LogP contribution in [0.4, 0.5) is 0 Å². The lowest BCUT2D eigenvalue weighted by Crippen LogP contribution is -2.52. The van der Waals surface area contributed by atoms with E-state index < -0.39 is 30.1 Å². The number of carbonyl (C=O) groups is 4. The molecule has 0 fully saturated rings. The molecular weight excluding hydrogens is 490 g/mol. The highest BCUT2D eigenvalue weighted by atomic mass is 33.1. The number of hydrogen-bond donors (Lipinski definition) is 5. The summed E-state index contributed by atoms with van der Waals surface area (Å²) >= 11 is 0. The molecule has 0 radical (unpaired) electrons. The fourth-order valence-corrected chi connectivity index (χ4v) is 5.47. The molecule has 0 bridgehead atoms. The summed E-state index contributed by atoms with van der Waals surface area (Å²) in [5.74, 6) is -0.822. The van der Waals surface area contributed by atoms with Crippen LogP contribution in [0.5, 0.6) is 0 Å². The van der Waals surface area contributed by atoms with E-state index in [-0.39, 0.29) is 36.5 Å². The number of hydrogen-bond acceptors (Lipinski definition) is 8. The second-order valence-corrected chi connectivity index (χ2v) is 10.9. The maximum Gasteiger partial charge on any atom is 0.243 e. The van der Waals surface area contributed by atoms with Crippen LogP contribution < -0.4 is 16.0 Å². The Kier molecular flexibility index (Phi) is 14.6. The van der Waals surface area contributed by atoms with Crippen molar-refractivity contribution in [1.82, 2.24) is 16.0 Å². The van der Waals surface area contributed by atoms with Crippen LogP contribution in [0.25, 0.3) is 0 Å². The molecule has 0 saturated heterocycles. The summed E-state index contributed by atoms with van der Waals surface area (Å²) < 4.78 is 0. The van der Waals surface area contributed by atoms with E-state index in [4.69, 9.17) is 0 Å². The zero-order valence-corrected chi connectivity index (χ0v) is 22.3. The molecule has 0 unspecified atom stereocenters. The molecule has 9 nitrogen and oxygen atoms in total. The van der Waals surface area contributed by atoms with E-state index in [1.807, 2.05) is 30.3 Å². The van der Waals surface area contributed by atoms with Gasteiger partial charge in [0, 0.05) is 30.3 Å². The van der Waals surface area contributed by atoms with Crippen molar-refractivity contribution in [3.63, 3.8) is 0 Å². The van der Waals surface area contributed by atoms with Crippen molar-refractivity contribution in [2.75, 3.05) is 18.1 Å². The quantitative estimate of drug-likeness (QED) is 0.159. The van der Waals surface area contributed by atoms with Crippen molar-refractivity contribution in [3.8, 4) is 0 Å². The number of benzene rings is 1. The van der Waals surface area contributed by atoms with Crippen LogP contribution in [0.1, 0.15) is 39.7 Å². The number of rotatable bonds is 16. The standard InChI is InChI=1S/C24H37N3O6S2/c1-5-22(31)25-19(11-18-9-7-6-8-10-18)24(33)27-21(17(4)30)14-35-34-13-15(2)23(32)26-20(12-28)16(3)29/h6-10,15-16,19-21,28-29H,5,11-14H2,1-4H3,(H,25,31)(H,26,32)(H,27,33)/t15-,16+,19+,20+,21-/m0/s1. The minimum atomic E-state index is -0.869. The van der Waals surface area contributed by atoms with Gasteiger partial charge in [0.2, 0.25) is 17.7 Å². The molecule has 1 rings (SSSR count). The molecule has 1 aromatic carbocycles. The largest absolute Gasteiger partial charge is 0.394 e. The molecule has 3 amide bonds. The number of aliphatic hydroxyl groups excluding tert-OH is 2. The van der Waals surface area contributed by atoms with Crippen molar-refractivity contribution in [2.45, 2.75) is 64.8 Å². The van der Waals surface area contributed by atoms with Crippen LogP contribution in [0.15, 0.2) is 30.3 Å². The van der Waals surface area contributed by atoms with E-state index in [0.717, 1.165) is 5.56 Å². The Bertz CT molecular complexity index is 825. The van der Waals surface area contributed by atoms with Gasteiger partial charge in [0.15, 0.2) is 5.78 Å². The van der Waals surface area contributed by atoms with E-state index in [1.54, 1.807) is 13.8 Å². The average Bonchev–Trinajstić information content (AvgIpc) is 2.83. The highest BCUT2D eigenvalue weighted by Gasteiger charge is 2.26. The first-order valence-electron chi connectivity index (χ1n) is 11.6. The summed E-state index contributed by atoms with van der Waals surface area (Å²) in [6.45, 7) is 5.96. The first kappa shape index (κ1) is 31.0. The van der Waals surface area contributed by atoms with Crippen molar-refractivity contribution in [1.29, 1.82) is 0 Å². The van der Waals surface area contributed by atoms with Gasteiger partial charge in [-0.25, -0.2) is 0 Å². The lowest BCUT2D eigenvalue weighted by Gasteiger charge is -2.22. The summed E-state index contributed by atoms with van der Waals surface area (Å²) in [5.41, 5.74) is 0.889. The second kappa shape index (κ2) is 16.6. The zero-order chi connectivity index (χ0) is 26.4. The molecule has 5 atom stereocenters. The van der Waals surface area contributed by atoms with E-state index in [9.17, 15) is 29.4 Å².